The zero-order chi connectivity index (χ0) is 16.5. The average Bonchev–Trinajstić information content (AvgIpc) is 2.61. The summed E-state index contributed by atoms with van der Waals surface area (Å²) in [7, 11) is 0. The van der Waals surface area contributed by atoms with Crippen LogP contribution in [0, 0.1) is 0 Å². The van der Waals surface area contributed by atoms with E-state index < -0.39 is 0 Å². The van der Waals surface area contributed by atoms with Gasteiger partial charge in [0.2, 0.25) is 0 Å². The molecule has 0 heterocycles. The summed E-state index contributed by atoms with van der Waals surface area (Å²) in [6.45, 7) is 5.52. The van der Waals surface area contributed by atoms with Crippen molar-refractivity contribution in [1.82, 2.24) is 0 Å². The maximum Gasteiger partial charge on any atom is 0.338 e. The number of esters is 1. The van der Waals surface area contributed by atoms with Crippen molar-refractivity contribution in [2.24, 2.45) is 0 Å². The van der Waals surface area contributed by atoms with E-state index in [0.717, 1.165) is 25.1 Å². The molecule has 0 aliphatic carbocycles. The van der Waals surface area contributed by atoms with Gasteiger partial charge in [0.1, 0.15) is 0 Å². The van der Waals surface area contributed by atoms with Crippen molar-refractivity contribution in [2.75, 3.05) is 18.5 Å². The van der Waals surface area contributed by atoms with Crippen LogP contribution in [0.3, 0.4) is 0 Å². The Bertz CT molecular complexity index is 610. The molecule has 23 heavy (non-hydrogen) atoms. The van der Waals surface area contributed by atoms with Gasteiger partial charge < -0.3 is 10.1 Å². The number of ether oxygens (including phenoxy) is 1. The lowest BCUT2D eigenvalue weighted by molar-refractivity contribution is 0.0503. The van der Waals surface area contributed by atoms with Crippen LogP contribution in [0.1, 0.15) is 48.5 Å². The molecule has 0 aliphatic heterocycles. The predicted octanol–water partition coefficient (Wildman–Crippen LogP) is 4.86. The molecule has 0 fully saturated rings. The fraction of sp³-hybridized carbons (Fsp3) is 0.350. The molecule has 1 atom stereocenters. The standard InChI is InChI=1S/C20H25NO2/c1-3-16(2)17-9-7-10-18(15-17)20(22)23-14-8-13-21-19-11-5-4-6-12-19/h4-7,9-12,15-16,21H,3,8,13-14H2,1-2H3. The summed E-state index contributed by atoms with van der Waals surface area (Å²) in [5.74, 6) is 0.215. The Balaban J connectivity index is 1.74. The minimum absolute atomic E-state index is 0.241. The third-order valence-corrected chi connectivity index (χ3v) is 3.96. The van der Waals surface area contributed by atoms with Gasteiger partial charge in [0.05, 0.1) is 12.2 Å². The molecule has 2 aromatic rings. The van der Waals surface area contributed by atoms with Crippen LogP contribution in [0.4, 0.5) is 5.69 Å². The summed E-state index contributed by atoms with van der Waals surface area (Å²) in [6.07, 6.45) is 1.84. The van der Waals surface area contributed by atoms with E-state index in [-0.39, 0.29) is 5.97 Å². The second kappa shape index (κ2) is 8.99. The third-order valence-electron chi connectivity index (χ3n) is 3.96. The van der Waals surface area contributed by atoms with E-state index in [0.29, 0.717) is 18.1 Å². The quantitative estimate of drug-likeness (QED) is 0.559. The molecule has 3 heteroatoms. The molecule has 0 amide bonds. The lowest BCUT2D eigenvalue weighted by Crippen LogP contribution is -2.10. The van der Waals surface area contributed by atoms with Gasteiger partial charge in [-0.15, -0.1) is 0 Å². The Kier molecular flexibility index (Phi) is 6.67. The van der Waals surface area contributed by atoms with Gasteiger partial charge >= 0.3 is 5.97 Å². The van der Waals surface area contributed by atoms with Crippen LogP contribution in [-0.2, 0) is 4.74 Å². The van der Waals surface area contributed by atoms with Crippen molar-refractivity contribution < 1.29 is 9.53 Å². The first-order valence-electron chi connectivity index (χ1n) is 8.26. The van der Waals surface area contributed by atoms with Crippen molar-refractivity contribution in [3.05, 3.63) is 65.7 Å². The summed E-state index contributed by atoms with van der Waals surface area (Å²) in [4.78, 5) is 12.1. The van der Waals surface area contributed by atoms with Gasteiger partial charge in [-0.25, -0.2) is 4.79 Å². The molecule has 0 radical (unpaired) electrons. The van der Waals surface area contributed by atoms with Crippen molar-refractivity contribution in [1.29, 1.82) is 0 Å². The van der Waals surface area contributed by atoms with Gasteiger partial charge in [-0.3, -0.25) is 0 Å². The highest BCUT2D eigenvalue weighted by Crippen LogP contribution is 2.19. The minimum atomic E-state index is -0.241. The Morgan fingerprint density at radius 2 is 1.91 bits per heavy atom. The van der Waals surface area contributed by atoms with Gasteiger partial charge in [0, 0.05) is 12.2 Å². The van der Waals surface area contributed by atoms with Gasteiger partial charge in [0.25, 0.3) is 0 Å². The lowest BCUT2D eigenvalue weighted by atomic mass is 9.97. The summed E-state index contributed by atoms with van der Waals surface area (Å²) >= 11 is 0. The minimum Gasteiger partial charge on any atom is -0.462 e. The topological polar surface area (TPSA) is 38.3 Å². The highest BCUT2D eigenvalue weighted by atomic mass is 16.5. The molecule has 0 bridgehead atoms. The molecule has 2 aromatic carbocycles. The second-order valence-electron chi connectivity index (χ2n) is 5.72. The zero-order valence-corrected chi connectivity index (χ0v) is 13.9. The van der Waals surface area contributed by atoms with Gasteiger partial charge in [-0.05, 0) is 48.6 Å². The normalized spacial score (nSPS) is 11.7. The Labute approximate surface area is 138 Å². The Morgan fingerprint density at radius 3 is 2.65 bits per heavy atom. The Hall–Kier alpha value is -2.29. The molecule has 122 valence electrons. The number of para-hydroxylation sites is 1. The molecule has 1 unspecified atom stereocenters. The second-order valence-corrected chi connectivity index (χ2v) is 5.72. The van der Waals surface area contributed by atoms with Crippen LogP contribution in [0.5, 0.6) is 0 Å². The zero-order valence-electron chi connectivity index (χ0n) is 13.9. The lowest BCUT2D eigenvalue weighted by Gasteiger charge is -2.11. The third kappa shape index (κ3) is 5.44. The van der Waals surface area contributed by atoms with Crippen LogP contribution in [0.2, 0.25) is 0 Å². The van der Waals surface area contributed by atoms with E-state index in [1.54, 1.807) is 0 Å². The van der Waals surface area contributed by atoms with Gasteiger partial charge in [0.15, 0.2) is 0 Å². The van der Waals surface area contributed by atoms with Crippen molar-refractivity contribution in [3.63, 3.8) is 0 Å². The van der Waals surface area contributed by atoms with E-state index in [4.69, 9.17) is 4.74 Å². The summed E-state index contributed by atoms with van der Waals surface area (Å²) in [5.41, 5.74) is 2.91. The maximum absolute atomic E-state index is 12.1. The first kappa shape index (κ1) is 17.1. The van der Waals surface area contributed by atoms with Crippen molar-refractivity contribution in [3.8, 4) is 0 Å². The van der Waals surface area contributed by atoms with Gasteiger partial charge in [-0.2, -0.15) is 0 Å². The molecule has 0 saturated heterocycles. The molecule has 0 aliphatic rings. The maximum atomic E-state index is 12.1. The average molecular weight is 311 g/mol. The van der Waals surface area contributed by atoms with Crippen LogP contribution in [-0.4, -0.2) is 19.1 Å². The molecule has 3 nitrogen and oxygen atoms in total. The monoisotopic (exact) mass is 311 g/mol. The summed E-state index contributed by atoms with van der Waals surface area (Å²) in [5, 5.41) is 3.30. The summed E-state index contributed by atoms with van der Waals surface area (Å²) < 4.78 is 5.36. The summed E-state index contributed by atoms with van der Waals surface area (Å²) in [6, 6.07) is 17.8. The first-order valence-corrected chi connectivity index (χ1v) is 8.26. The molecule has 2 rings (SSSR count). The van der Waals surface area contributed by atoms with Crippen LogP contribution in [0.15, 0.2) is 54.6 Å². The molecule has 0 spiro atoms. The number of hydrogen-bond donors (Lipinski definition) is 1. The van der Waals surface area contributed by atoms with E-state index in [9.17, 15) is 4.79 Å². The molecular formula is C20H25NO2. The van der Waals surface area contributed by atoms with Crippen LogP contribution < -0.4 is 5.32 Å². The van der Waals surface area contributed by atoms with Crippen molar-refractivity contribution in [2.45, 2.75) is 32.6 Å². The van der Waals surface area contributed by atoms with Crippen LogP contribution in [0.25, 0.3) is 0 Å². The number of anilines is 1. The van der Waals surface area contributed by atoms with E-state index in [2.05, 4.69) is 25.2 Å². The fourth-order valence-electron chi connectivity index (χ4n) is 2.32. The number of carbonyl (C=O) groups is 1. The van der Waals surface area contributed by atoms with E-state index in [1.807, 2.05) is 48.5 Å². The van der Waals surface area contributed by atoms with Crippen LogP contribution >= 0.6 is 0 Å². The van der Waals surface area contributed by atoms with E-state index in [1.165, 1.54) is 5.56 Å². The largest absolute Gasteiger partial charge is 0.462 e. The number of carbonyl (C=O) groups excluding carboxylic acids is 1. The molecular weight excluding hydrogens is 286 g/mol. The number of hydrogen-bond acceptors (Lipinski definition) is 3. The predicted molar refractivity (Wildman–Crippen MR) is 95.0 cm³/mol. The first-order chi connectivity index (χ1) is 11.2. The number of rotatable bonds is 8. The highest BCUT2D eigenvalue weighted by molar-refractivity contribution is 5.89. The molecule has 0 saturated carbocycles. The highest BCUT2D eigenvalue weighted by Gasteiger charge is 2.10. The number of nitrogens with one attached hydrogen (secondary N) is 1. The molecule has 1 N–H and O–H groups in total. The smallest absolute Gasteiger partial charge is 0.338 e. The van der Waals surface area contributed by atoms with Crippen molar-refractivity contribution >= 4 is 11.7 Å². The fourth-order valence-corrected chi connectivity index (χ4v) is 2.32. The SMILES string of the molecule is CCC(C)c1cccc(C(=O)OCCCNc2ccccc2)c1. The van der Waals surface area contributed by atoms with E-state index >= 15 is 0 Å². The number of benzene rings is 2. The molecule has 0 aromatic heterocycles. The Morgan fingerprint density at radius 1 is 1.13 bits per heavy atom. The van der Waals surface area contributed by atoms with Gasteiger partial charge in [-0.1, -0.05) is 44.2 Å².